The second-order valence-electron chi connectivity index (χ2n) is 5.37. The van der Waals surface area contributed by atoms with Crippen molar-refractivity contribution in [3.63, 3.8) is 0 Å². The molecule has 3 rings (SSSR count). The molecule has 3 aromatic heterocycles. The van der Waals surface area contributed by atoms with Gasteiger partial charge in [-0.1, -0.05) is 11.3 Å². The SMILES string of the molecule is Cc1cccnc1-c1cn([C@H](C)CNC(=O)Cn2ncnn2)nn1. The van der Waals surface area contributed by atoms with Crippen LogP contribution in [0.15, 0.2) is 30.9 Å². The van der Waals surface area contributed by atoms with E-state index in [9.17, 15) is 4.79 Å². The van der Waals surface area contributed by atoms with E-state index < -0.39 is 0 Å². The van der Waals surface area contributed by atoms with Gasteiger partial charge in [-0.3, -0.25) is 9.78 Å². The van der Waals surface area contributed by atoms with Gasteiger partial charge in [0, 0.05) is 12.7 Å². The molecule has 24 heavy (non-hydrogen) atoms. The predicted molar refractivity (Wildman–Crippen MR) is 83.5 cm³/mol. The number of aryl methyl sites for hydroxylation is 1. The van der Waals surface area contributed by atoms with Gasteiger partial charge in [0.15, 0.2) is 6.33 Å². The van der Waals surface area contributed by atoms with E-state index in [4.69, 9.17) is 0 Å². The Kier molecular flexibility index (Phi) is 4.54. The van der Waals surface area contributed by atoms with Crippen molar-refractivity contribution in [2.24, 2.45) is 0 Å². The van der Waals surface area contributed by atoms with E-state index >= 15 is 0 Å². The maximum atomic E-state index is 11.8. The highest BCUT2D eigenvalue weighted by molar-refractivity contribution is 5.75. The minimum Gasteiger partial charge on any atom is -0.352 e. The van der Waals surface area contributed by atoms with Gasteiger partial charge < -0.3 is 5.32 Å². The lowest BCUT2D eigenvalue weighted by Crippen LogP contribution is -2.33. The van der Waals surface area contributed by atoms with Crippen LogP contribution < -0.4 is 5.32 Å². The van der Waals surface area contributed by atoms with Gasteiger partial charge in [-0.2, -0.15) is 4.80 Å². The van der Waals surface area contributed by atoms with Crippen molar-refractivity contribution >= 4 is 5.91 Å². The summed E-state index contributed by atoms with van der Waals surface area (Å²) in [6.07, 6.45) is 4.83. The summed E-state index contributed by atoms with van der Waals surface area (Å²) in [4.78, 5) is 17.4. The normalized spacial score (nSPS) is 12.1. The molecule has 0 aliphatic rings. The molecule has 0 aliphatic carbocycles. The Morgan fingerprint density at radius 2 is 2.25 bits per heavy atom. The zero-order valence-electron chi connectivity index (χ0n) is 13.4. The Balaban J connectivity index is 1.59. The highest BCUT2D eigenvalue weighted by Gasteiger charge is 2.13. The molecule has 10 nitrogen and oxygen atoms in total. The number of aromatic nitrogens is 8. The van der Waals surface area contributed by atoms with E-state index in [2.05, 4.69) is 36.0 Å². The van der Waals surface area contributed by atoms with Crippen LogP contribution in [0.4, 0.5) is 0 Å². The molecule has 0 spiro atoms. The van der Waals surface area contributed by atoms with Crippen LogP contribution >= 0.6 is 0 Å². The van der Waals surface area contributed by atoms with Crippen molar-refractivity contribution in [2.45, 2.75) is 26.4 Å². The molecule has 3 aromatic rings. The summed E-state index contributed by atoms with van der Waals surface area (Å²) in [7, 11) is 0. The lowest BCUT2D eigenvalue weighted by Gasteiger charge is -2.12. The molecule has 0 aliphatic heterocycles. The average molecular weight is 327 g/mol. The molecule has 1 N–H and O–H groups in total. The lowest BCUT2D eigenvalue weighted by molar-refractivity contribution is -0.122. The Bertz CT molecular complexity index is 811. The second kappa shape index (κ2) is 6.94. The third kappa shape index (κ3) is 3.59. The summed E-state index contributed by atoms with van der Waals surface area (Å²) in [5.74, 6) is -0.194. The van der Waals surface area contributed by atoms with Gasteiger partial charge in [0.05, 0.1) is 17.9 Å². The van der Waals surface area contributed by atoms with Crippen LogP contribution in [-0.2, 0) is 11.3 Å². The molecule has 0 saturated carbocycles. The first kappa shape index (κ1) is 15.7. The number of hydrogen-bond acceptors (Lipinski definition) is 7. The number of pyridine rings is 1. The average Bonchev–Trinajstić information content (AvgIpc) is 3.25. The quantitative estimate of drug-likeness (QED) is 0.678. The lowest BCUT2D eigenvalue weighted by atomic mass is 10.2. The standard InChI is InChI=1S/C14H17N9O/c1-10-4-3-5-15-14(10)12-7-22(21-19-12)11(2)6-16-13(24)8-23-18-9-17-20-23/h3-5,7,9,11H,6,8H2,1-2H3,(H,16,24)/t11-/m1/s1. The fourth-order valence-electron chi connectivity index (χ4n) is 2.15. The van der Waals surface area contributed by atoms with E-state index in [1.807, 2.05) is 32.2 Å². The third-order valence-electron chi connectivity index (χ3n) is 3.49. The summed E-state index contributed by atoms with van der Waals surface area (Å²) in [6.45, 7) is 4.36. The van der Waals surface area contributed by atoms with E-state index in [1.54, 1.807) is 10.9 Å². The van der Waals surface area contributed by atoms with Crippen LogP contribution in [-0.4, -0.2) is 52.6 Å². The molecule has 10 heteroatoms. The van der Waals surface area contributed by atoms with Gasteiger partial charge in [-0.15, -0.1) is 15.3 Å². The van der Waals surface area contributed by atoms with Crippen molar-refractivity contribution in [3.05, 3.63) is 36.4 Å². The van der Waals surface area contributed by atoms with E-state index in [0.717, 1.165) is 11.3 Å². The molecule has 124 valence electrons. The maximum Gasteiger partial charge on any atom is 0.243 e. The first-order valence-electron chi connectivity index (χ1n) is 7.45. The molecule has 3 heterocycles. The van der Waals surface area contributed by atoms with Crippen molar-refractivity contribution < 1.29 is 4.79 Å². The number of carbonyl (C=O) groups is 1. The molecule has 0 bridgehead atoms. The summed E-state index contributed by atoms with van der Waals surface area (Å²) in [5, 5.41) is 22.1. The van der Waals surface area contributed by atoms with Crippen molar-refractivity contribution in [3.8, 4) is 11.4 Å². The number of nitrogens with zero attached hydrogens (tertiary/aromatic N) is 8. The van der Waals surface area contributed by atoms with Gasteiger partial charge >= 0.3 is 0 Å². The van der Waals surface area contributed by atoms with Crippen LogP contribution in [0.25, 0.3) is 11.4 Å². The first-order valence-corrected chi connectivity index (χ1v) is 7.45. The molecule has 0 radical (unpaired) electrons. The number of hydrogen-bond donors (Lipinski definition) is 1. The van der Waals surface area contributed by atoms with Crippen LogP contribution in [0, 0.1) is 6.92 Å². The topological polar surface area (TPSA) is 116 Å². The van der Waals surface area contributed by atoms with E-state index in [0.29, 0.717) is 12.2 Å². The number of carbonyl (C=O) groups excluding carboxylic acids is 1. The van der Waals surface area contributed by atoms with Gasteiger partial charge in [0.25, 0.3) is 0 Å². The monoisotopic (exact) mass is 327 g/mol. The molecule has 0 fully saturated rings. The second-order valence-corrected chi connectivity index (χ2v) is 5.37. The first-order chi connectivity index (χ1) is 11.6. The fourth-order valence-corrected chi connectivity index (χ4v) is 2.15. The van der Waals surface area contributed by atoms with Crippen LogP contribution in [0.3, 0.4) is 0 Å². The Labute approximate surface area is 137 Å². The number of tetrazole rings is 1. The third-order valence-corrected chi connectivity index (χ3v) is 3.49. The van der Waals surface area contributed by atoms with Crippen LogP contribution in [0.2, 0.25) is 0 Å². The fraction of sp³-hybridized carbons (Fsp3) is 0.357. The Morgan fingerprint density at radius 1 is 1.38 bits per heavy atom. The van der Waals surface area contributed by atoms with Crippen molar-refractivity contribution in [1.82, 2.24) is 45.5 Å². The highest BCUT2D eigenvalue weighted by atomic mass is 16.2. The molecular weight excluding hydrogens is 310 g/mol. The van der Waals surface area contributed by atoms with Crippen LogP contribution in [0.5, 0.6) is 0 Å². The zero-order valence-corrected chi connectivity index (χ0v) is 13.4. The van der Waals surface area contributed by atoms with Crippen LogP contribution in [0.1, 0.15) is 18.5 Å². The van der Waals surface area contributed by atoms with Gasteiger partial charge in [-0.25, -0.2) is 4.68 Å². The minimum atomic E-state index is -0.194. The number of amides is 1. The summed E-state index contributed by atoms with van der Waals surface area (Å²) in [5.41, 5.74) is 2.54. The van der Waals surface area contributed by atoms with Crippen molar-refractivity contribution in [2.75, 3.05) is 6.54 Å². The Morgan fingerprint density at radius 3 is 3.00 bits per heavy atom. The van der Waals surface area contributed by atoms with E-state index in [1.165, 1.54) is 11.1 Å². The molecule has 1 amide bonds. The summed E-state index contributed by atoms with van der Waals surface area (Å²) in [6, 6.07) is 3.80. The molecule has 1 atom stereocenters. The maximum absolute atomic E-state index is 11.8. The van der Waals surface area contributed by atoms with Gasteiger partial charge in [-0.05, 0) is 30.7 Å². The van der Waals surface area contributed by atoms with Gasteiger partial charge in [0.2, 0.25) is 5.91 Å². The van der Waals surface area contributed by atoms with Gasteiger partial charge in [0.1, 0.15) is 12.2 Å². The summed E-state index contributed by atoms with van der Waals surface area (Å²) >= 11 is 0. The highest BCUT2D eigenvalue weighted by Crippen LogP contribution is 2.18. The number of nitrogens with one attached hydrogen (secondary N) is 1. The van der Waals surface area contributed by atoms with E-state index in [-0.39, 0.29) is 18.5 Å². The molecule has 0 aromatic carbocycles. The summed E-state index contributed by atoms with van der Waals surface area (Å²) < 4.78 is 1.71. The largest absolute Gasteiger partial charge is 0.352 e. The predicted octanol–water partition coefficient (Wildman–Crippen LogP) is 0.0124. The molecule has 0 unspecified atom stereocenters. The molecule has 0 saturated heterocycles. The smallest absolute Gasteiger partial charge is 0.243 e. The number of rotatable bonds is 6. The zero-order chi connectivity index (χ0) is 16.9. The Hall–Kier alpha value is -3.17. The van der Waals surface area contributed by atoms with Crippen molar-refractivity contribution in [1.29, 1.82) is 0 Å². The molecular formula is C14H17N9O. The minimum absolute atomic E-state index is 0.0302.